The molecular weight excluding hydrogens is 212 g/mol. The SMILES string of the molecule is CC1(COc2cccc3c2CNC3)CCNC1. The first kappa shape index (κ1) is 11.1. The summed E-state index contributed by atoms with van der Waals surface area (Å²) in [4.78, 5) is 0. The Morgan fingerprint density at radius 1 is 1.29 bits per heavy atom. The quantitative estimate of drug-likeness (QED) is 0.831. The van der Waals surface area contributed by atoms with Crippen molar-refractivity contribution in [3.63, 3.8) is 0 Å². The lowest BCUT2D eigenvalue weighted by molar-refractivity contribution is 0.179. The van der Waals surface area contributed by atoms with Crippen molar-refractivity contribution in [2.45, 2.75) is 26.4 Å². The van der Waals surface area contributed by atoms with Crippen molar-refractivity contribution in [2.75, 3.05) is 19.7 Å². The van der Waals surface area contributed by atoms with Crippen molar-refractivity contribution in [3.05, 3.63) is 29.3 Å². The standard InChI is InChI=1S/C14H20N2O/c1-14(5-6-15-9-14)10-17-13-4-2-3-11-7-16-8-12(11)13/h2-4,15-16H,5-10H2,1H3. The maximum atomic E-state index is 6.06. The summed E-state index contributed by atoms with van der Waals surface area (Å²) in [6.45, 7) is 7.23. The fourth-order valence-corrected chi connectivity index (χ4v) is 2.68. The van der Waals surface area contributed by atoms with Crippen molar-refractivity contribution in [1.82, 2.24) is 10.6 Å². The average molecular weight is 232 g/mol. The van der Waals surface area contributed by atoms with Crippen molar-refractivity contribution in [1.29, 1.82) is 0 Å². The third-order valence-corrected chi connectivity index (χ3v) is 3.88. The summed E-state index contributed by atoms with van der Waals surface area (Å²) in [5.41, 5.74) is 3.04. The van der Waals surface area contributed by atoms with E-state index in [1.807, 2.05) is 0 Å². The number of rotatable bonds is 3. The van der Waals surface area contributed by atoms with E-state index in [0.717, 1.165) is 38.5 Å². The van der Waals surface area contributed by atoms with Gasteiger partial charge in [-0.2, -0.15) is 0 Å². The molecule has 1 aromatic carbocycles. The Labute approximate surface area is 103 Å². The summed E-state index contributed by atoms with van der Waals surface area (Å²) in [5, 5.41) is 6.78. The zero-order valence-electron chi connectivity index (χ0n) is 10.4. The third-order valence-electron chi connectivity index (χ3n) is 3.88. The molecule has 1 fully saturated rings. The molecule has 1 saturated heterocycles. The van der Waals surface area contributed by atoms with Gasteiger partial charge in [0.2, 0.25) is 0 Å². The van der Waals surface area contributed by atoms with Crippen molar-refractivity contribution in [2.24, 2.45) is 5.41 Å². The maximum Gasteiger partial charge on any atom is 0.124 e. The molecule has 0 saturated carbocycles. The van der Waals surface area contributed by atoms with Gasteiger partial charge in [0.25, 0.3) is 0 Å². The van der Waals surface area contributed by atoms with Crippen molar-refractivity contribution < 1.29 is 4.74 Å². The topological polar surface area (TPSA) is 33.3 Å². The van der Waals surface area contributed by atoms with Crippen molar-refractivity contribution >= 4 is 0 Å². The minimum atomic E-state index is 0.300. The highest BCUT2D eigenvalue weighted by molar-refractivity contribution is 5.42. The molecule has 0 spiro atoms. The summed E-state index contributed by atoms with van der Waals surface area (Å²) in [6.07, 6.45) is 1.21. The van der Waals surface area contributed by atoms with Crippen LogP contribution in [0.15, 0.2) is 18.2 Å². The highest BCUT2D eigenvalue weighted by Gasteiger charge is 2.29. The Hall–Kier alpha value is -1.06. The van der Waals surface area contributed by atoms with E-state index < -0.39 is 0 Å². The fourth-order valence-electron chi connectivity index (χ4n) is 2.68. The summed E-state index contributed by atoms with van der Waals surface area (Å²) < 4.78 is 6.06. The molecule has 3 rings (SSSR count). The molecule has 92 valence electrons. The summed E-state index contributed by atoms with van der Waals surface area (Å²) in [7, 11) is 0. The molecule has 1 unspecified atom stereocenters. The predicted molar refractivity (Wildman–Crippen MR) is 68.1 cm³/mol. The van der Waals surface area contributed by atoms with Crippen LogP contribution in [0, 0.1) is 5.41 Å². The van der Waals surface area contributed by atoms with E-state index in [1.54, 1.807) is 0 Å². The average Bonchev–Trinajstić information content (AvgIpc) is 2.95. The molecule has 1 aromatic rings. The molecule has 1 atom stereocenters. The lowest BCUT2D eigenvalue weighted by Gasteiger charge is -2.23. The first-order valence-corrected chi connectivity index (χ1v) is 6.42. The number of hydrogen-bond donors (Lipinski definition) is 2. The highest BCUT2D eigenvalue weighted by atomic mass is 16.5. The molecule has 0 amide bonds. The molecular formula is C14H20N2O. The lowest BCUT2D eigenvalue weighted by Crippen LogP contribution is -2.27. The van der Waals surface area contributed by atoms with Crippen LogP contribution in [-0.4, -0.2) is 19.7 Å². The lowest BCUT2D eigenvalue weighted by atomic mass is 9.91. The largest absolute Gasteiger partial charge is 0.493 e. The maximum absolute atomic E-state index is 6.06. The van der Waals surface area contributed by atoms with Crippen LogP contribution in [0.4, 0.5) is 0 Å². The fraction of sp³-hybridized carbons (Fsp3) is 0.571. The molecule has 2 N–H and O–H groups in total. The number of hydrogen-bond acceptors (Lipinski definition) is 3. The van der Waals surface area contributed by atoms with Gasteiger partial charge in [0.05, 0.1) is 6.61 Å². The number of fused-ring (bicyclic) bond motifs is 1. The van der Waals surface area contributed by atoms with Crippen LogP contribution >= 0.6 is 0 Å². The zero-order valence-corrected chi connectivity index (χ0v) is 10.4. The molecule has 2 aliphatic heterocycles. The third kappa shape index (κ3) is 2.17. The second-order valence-electron chi connectivity index (χ2n) is 5.52. The van der Waals surface area contributed by atoms with Gasteiger partial charge in [-0.15, -0.1) is 0 Å². The zero-order chi connectivity index (χ0) is 11.7. The van der Waals surface area contributed by atoms with Crippen LogP contribution in [0.1, 0.15) is 24.5 Å². The van der Waals surface area contributed by atoms with Gasteiger partial charge in [-0.05, 0) is 24.6 Å². The van der Waals surface area contributed by atoms with Gasteiger partial charge in [0.1, 0.15) is 5.75 Å². The molecule has 2 heterocycles. The number of ether oxygens (including phenoxy) is 1. The highest BCUT2D eigenvalue weighted by Crippen LogP contribution is 2.30. The molecule has 0 radical (unpaired) electrons. The van der Waals surface area contributed by atoms with Crippen LogP contribution in [0.2, 0.25) is 0 Å². The normalized spacial score (nSPS) is 27.1. The van der Waals surface area contributed by atoms with Gasteiger partial charge in [0.15, 0.2) is 0 Å². The second kappa shape index (κ2) is 4.31. The van der Waals surface area contributed by atoms with E-state index in [0.29, 0.717) is 5.41 Å². The number of nitrogens with one attached hydrogen (secondary N) is 2. The van der Waals surface area contributed by atoms with E-state index in [4.69, 9.17) is 4.74 Å². The second-order valence-corrected chi connectivity index (χ2v) is 5.52. The first-order valence-electron chi connectivity index (χ1n) is 6.42. The van der Waals surface area contributed by atoms with Gasteiger partial charge in [0, 0.05) is 30.6 Å². The molecule has 0 aromatic heterocycles. The first-order chi connectivity index (χ1) is 8.27. The summed E-state index contributed by atoms with van der Waals surface area (Å²) >= 11 is 0. The van der Waals surface area contributed by atoms with Gasteiger partial charge >= 0.3 is 0 Å². The Balaban J connectivity index is 1.71. The van der Waals surface area contributed by atoms with Gasteiger partial charge in [-0.25, -0.2) is 0 Å². The van der Waals surface area contributed by atoms with E-state index in [1.165, 1.54) is 17.5 Å². The van der Waals surface area contributed by atoms with E-state index in [-0.39, 0.29) is 0 Å². The minimum Gasteiger partial charge on any atom is -0.493 e. The van der Waals surface area contributed by atoms with Crippen LogP contribution in [0.5, 0.6) is 5.75 Å². The molecule has 0 bridgehead atoms. The molecule has 17 heavy (non-hydrogen) atoms. The molecule has 2 aliphatic rings. The van der Waals surface area contributed by atoms with E-state index >= 15 is 0 Å². The van der Waals surface area contributed by atoms with Crippen LogP contribution in [0.3, 0.4) is 0 Å². The van der Waals surface area contributed by atoms with Crippen LogP contribution in [-0.2, 0) is 13.1 Å². The van der Waals surface area contributed by atoms with Gasteiger partial charge in [-0.3, -0.25) is 0 Å². The minimum absolute atomic E-state index is 0.300. The van der Waals surface area contributed by atoms with E-state index in [9.17, 15) is 0 Å². The molecule has 0 aliphatic carbocycles. The van der Waals surface area contributed by atoms with Gasteiger partial charge in [-0.1, -0.05) is 19.1 Å². The van der Waals surface area contributed by atoms with E-state index in [2.05, 4.69) is 35.8 Å². The van der Waals surface area contributed by atoms with Crippen LogP contribution < -0.4 is 15.4 Å². The Morgan fingerprint density at radius 2 is 2.24 bits per heavy atom. The number of benzene rings is 1. The summed E-state index contributed by atoms with van der Waals surface area (Å²) in [6, 6.07) is 6.37. The van der Waals surface area contributed by atoms with Crippen molar-refractivity contribution in [3.8, 4) is 5.75 Å². The Kier molecular flexibility index (Phi) is 2.81. The predicted octanol–water partition coefficient (Wildman–Crippen LogP) is 1.67. The van der Waals surface area contributed by atoms with Crippen LogP contribution in [0.25, 0.3) is 0 Å². The van der Waals surface area contributed by atoms with Gasteiger partial charge < -0.3 is 15.4 Å². The monoisotopic (exact) mass is 232 g/mol. The molecule has 3 heteroatoms. The molecule has 3 nitrogen and oxygen atoms in total. The Morgan fingerprint density at radius 3 is 3.06 bits per heavy atom. The summed E-state index contributed by atoms with van der Waals surface area (Å²) in [5.74, 6) is 1.07. The Bertz CT molecular complexity index is 411. The smallest absolute Gasteiger partial charge is 0.124 e.